The van der Waals surface area contributed by atoms with Crippen LogP contribution in [0.15, 0.2) is 24.3 Å². The Morgan fingerprint density at radius 3 is 2.38 bits per heavy atom. The number of hydrogen-bond acceptors (Lipinski definition) is 4. The number of rotatable bonds is 3. The Morgan fingerprint density at radius 1 is 1.25 bits per heavy atom. The van der Waals surface area contributed by atoms with Crippen molar-refractivity contribution < 1.29 is 12.6 Å². The van der Waals surface area contributed by atoms with E-state index in [1.165, 1.54) is 0 Å². The van der Waals surface area contributed by atoms with Crippen molar-refractivity contribution in [2.45, 2.75) is 26.3 Å². The molecule has 1 aromatic carbocycles. The summed E-state index contributed by atoms with van der Waals surface area (Å²) in [5.41, 5.74) is 0.748. The number of hydrogen-bond donors (Lipinski definition) is 1. The molecule has 0 atom stereocenters. The summed E-state index contributed by atoms with van der Waals surface area (Å²) in [4.78, 5) is 0. The van der Waals surface area contributed by atoms with Crippen LogP contribution in [0, 0.1) is 0 Å². The predicted octanol–water partition coefficient (Wildman–Crippen LogP) is 2.24. The minimum Gasteiger partial charge on any atom is -0.383 e. The zero-order valence-electron chi connectivity index (χ0n) is 9.94. The van der Waals surface area contributed by atoms with Crippen LogP contribution in [0.2, 0.25) is 0 Å². The summed E-state index contributed by atoms with van der Waals surface area (Å²) in [6.45, 7) is 6.07. The molecule has 0 aromatic heterocycles. The molecule has 0 bridgehead atoms. The first kappa shape index (κ1) is 12.8. The molecule has 0 aliphatic carbocycles. The first-order valence-corrected chi connectivity index (χ1v) is 6.75. The van der Waals surface area contributed by atoms with Gasteiger partial charge in [0.15, 0.2) is 0 Å². The highest BCUT2D eigenvalue weighted by molar-refractivity contribution is 7.86. The van der Waals surface area contributed by atoms with Crippen molar-refractivity contribution in [2.75, 3.05) is 11.6 Å². The van der Waals surface area contributed by atoms with Gasteiger partial charge < -0.3 is 9.50 Å². The van der Waals surface area contributed by atoms with Crippen LogP contribution in [0.25, 0.3) is 0 Å². The first-order valence-electron chi connectivity index (χ1n) is 4.93. The lowest BCUT2D eigenvalue weighted by molar-refractivity contribution is 0.493. The topological polar surface area (TPSA) is 55.4 Å². The molecule has 0 radical (unpaired) electrons. The average Bonchev–Trinajstić information content (AvgIpc) is 1.96. The van der Waals surface area contributed by atoms with E-state index in [1.807, 2.05) is 26.8 Å². The van der Waals surface area contributed by atoms with Gasteiger partial charge in [0.05, 0.1) is 6.26 Å². The summed E-state index contributed by atoms with van der Waals surface area (Å²) >= 11 is 0. The van der Waals surface area contributed by atoms with Gasteiger partial charge in [-0.2, -0.15) is 8.42 Å². The van der Waals surface area contributed by atoms with Crippen molar-refractivity contribution in [1.29, 1.82) is 0 Å². The molecule has 0 aliphatic heterocycles. The lowest BCUT2D eigenvalue weighted by atomic mass is 10.1. The molecule has 16 heavy (non-hydrogen) atoms. The van der Waals surface area contributed by atoms with Crippen molar-refractivity contribution in [2.24, 2.45) is 0 Å². The van der Waals surface area contributed by atoms with Crippen LogP contribution in [0.3, 0.4) is 0 Å². The Balaban J connectivity index is 2.88. The molecule has 4 nitrogen and oxygen atoms in total. The molecule has 0 fully saturated rings. The van der Waals surface area contributed by atoms with Crippen molar-refractivity contribution in [3.8, 4) is 5.75 Å². The van der Waals surface area contributed by atoms with Crippen LogP contribution in [0.4, 0.5) is 5.69 Å². The average molecular weight is 243 g/mol. The molecule has 90 valence electrons. The second-order valence-electron chi connectivity index (χ2n) is 4.69. The molecule has 0 spiro atoms. The van der Waals surface area contributed by atoms with Gasteiger partial charge in [-0.05, 0) is 32.9 Å². The summed E-state index contributed by atoms with van der Waals surface area (Å²) in [5.74, 6) is 0.316. The molecule has 0 aliphatic rings. The van der Waals surface area contributed by atoms with Gasteiger partial charge in [0.25, 0.3) is 0 Å². The molecule has 1 rings (SSSR count). The third-order valence-electron chi connectivity index (χ3n) is 1.60. The summed E-state index contributed by atoms with van der Waals surface area (Å²) in [7, 11) is -3.47. The number of nitrogens with one attached hydrogen (secondary N) is 1. The van der Waals surface area contributed by atoms with Gasteiger partial charge in [-0.15, -0.1) is 0 Å². The summed E-state index contributed by atoms with van der Waals surface area (Å²) < 4.78 is 26.7. The standard InChI is InChI=1S/C11H17NO3S/c1-11(2,3)12-9-6-5-7-10(8-9)15-16(4,13)14/h5-8,12H,1-4H3. The fourth-order valence-electron chi connectivity index (χ4n) is 1.23. The van der Waals surface area contributed by atoms with E-state index < -0.39 is 10.1 Å². The van der Waals surface area contributed by atoms with Gasteiger partial charge in [0.1, 0.15) is 5.75 Å². The third-order valence-corrected chi connectivity index (χ3v) is 2.10. The Morgan fingerprint density at radius 2 is 1.88 bits per heavy atom. The summed E-state index contributed by atoms with van der Waals surface area (Å²) in [5, 5.41) is 3.23. The molecule has 0 unspecified atom stereocenters. The Bertz CT molecular complexity index is 460. The van der Waals surface area contributed by atoms with Gasteiger partial charge in [0, 0.05) is 17.3 Å². The maximum Gasteiger partial charge on any atom is 0.306 e. The molecular weight excluding hydrogens is 226 g/mol. The van der Waals surface area contributed by atoms with E-state index in [0.29, 0.717) is 5.75 Å². The second-order valence-corrected chi connectivity index (χ2v) is 6.27. The maximum atomic E-state index is 11.0. The van der Waals surface area contributed by atoms with Crippen LogP contribution >= 0.6 is 0 Å². The minimum absolute atomic E-state index is 0.0796. The van der Waals surface area contributed by atoms with Crippen LogP contribution < -0.4 is 9.50 Å². The Kier molecular flexibility index (Phi) is 3.48. The van der Waals surface area contributed by atoms with Crippen LogP contribution in [0.1, 0.15) is 20.8 Å². The fraction of sp³-hybridized carbons (Fsp3) is 0.455. The highest BCUT2D eigenvalue weighted by atomic mass is 32.2. The van der Waals surface area contributed by atoms with E-state index in [9.17, 15) is 8.42 Å². The van der Waals surface area contributed by atoms with E-state index in [2.05, 4.69) is 5.32 Å². The molecule has 0 amide bonds. The quantitative estimate of drug-likeness (QED) is 0.827. The first-order chi connectivity index (χ1) is 7.16. The van der Waals surface area contributed by atoms with Crippen LogP contribution in [0.5, 0.6) is 5.75 Å². The van der Waals surface area contributed by atoms with E-state index in [4.69, 9.17) is 4.18 Å². The SMILES string of the molecule is CC(C)(C)Nc1cccc(OS(C)(=O)=O)c1. The maximum absolute atomic E-state index is 11.0. The van der Waals surface area contributed by atoms with Gasteiger partial charge in [0.2, 0.25) is 0 Å². The zero-order chi connectivity index (χ0) is 12.4. The highest BCUT2D eigenvalue weighted by Gasteiger charge is 2.10. The van der Waals surface area contributed by atoms with Crippen molar-refractivity contribution in [1.82, 2.24) is 0 Å². The normalized spacial score (nSPS) is 12.2. The van der Waals surface area contributed by atoms with Gasteiger partial charge in [-0.3, -0.25) is 0 Å². The molecule has 5 heteroatoms. The molecule has 0 heterocycles. The monoisotopic (exact) mass is 243 g/mol. The molecule has 1 N–H and O–H groups in total. The van der Waals surface area contributed by atoms with Crippen LogP contribution in [-0.4, -0.2) is 20.2 Å². The molecular formula is C11H17NO3S. The van der Waals surface area contributed by atoms with Crippen molar-refractivity contribution >= 4 is 15.8 Å². The van der Waals surface area contributed by atoms with E-state index in [-0.39, 0.29) is 5.54 Å². The Hall–Kier alpha value is -1.23. The highest BCUT2D eigenvalue weighted by Crippen LogP contribution is 2.21. The lowest BCUT2D eigenvalue weighted by Crippen LogP contribution is -2.25. The van der Waals surface area contributed by atoms with Crippen molar-refractivity contribution in [3.63, 3.8) is 0 Å². The second kappa shape index (κ2) is 4.33. The van der Waals surface area contributed by atoms with E-state index in [1.54, 1.807) is 18.2 Å². The molecule has 1 aromatic rings. The summed E-state index contributed by atoms with van der Waals surface area (Å²) in [6, 6.07) is 6.87. The largest absolute Gasteiger partial charge is 0.383 e. The van der Waals surface area contributed by atoms with Gasteiger partial charge in [-0.1, -0.05) is 6.07 Å². The molecule has 0 saturated carbocycles. The van der Waals surface area contributed by atoms with Crippen molar-refractivity contribution in [3.05, 3.63) is 24.3 Å². The van der Waals surface area contributed by atoms with E-state index in [0.717, 1.165) is 11.9 Å². The zero-order valence-corrected chi connectivity index (χ0v) is 10.8. The smallest absolute Gasteiger partial charge is 0.306 e. The Labute approximate surface area is 96.8 Å². The van der Waals surface area contributed by atoms with E-state index >= 15 is 0 Å². The molecule has 0 saturated heterocycles. The number of anilines is 1. The summed E-state index contributed by atoms with van der Waals surface area (Å²) in [6.07, 6.45) is 1.02. The third kappa shape index (κ3) is 5.02. The predicted molar refractivity (Wildman–Crippen MR) is 65.3 cm³/mol. The minimum atomic E-state index is -3.47. The lowest BCUT2D eigenvalue weighted by Gasteiger charge is -2.22. The van der Waals surface area contributed by atoms with Gasteiger partial charge >= 0.3 is 10.1 Å². The fourth-order valence-corrected chi connectivity index (χ4v) is 1.69. The van der Waals surface area contributed by atoms with Crippen LogP contribution in [-0.2, 0) is 10.1 Å². The van der Waals surface area contributed by atoms with Gasteiger partial charge in [-0.25, -0.2) is 0 Å². The number of benzene rings is 1.